The third kappa shape index (κ3) is 6.27. The fourth-order valence-corrected chi connectivity index (χ4v) is 4.85. The lowest BCUT2D eigenvalue weighted by molar-refractivity contribution is -0.144. The van der Waals surface area contributed by atoms with Crippen LogP contribution in [0.1, 0.15) is 31.2 Å². The van der Waals surface area contributed by atoms with Gasteiger partial charge in [0.25, 0.3) is 0 Å². The molecule has 2 fully saturated rings. The number of methoxy groups -OCH3 is 1. The molecule has 1 heterocycles. The predicted molar refractivity (Wildman–Crippen MR) is 102 cm³/mol. The average Bonchev–Trinajstić information content (AvgIpc) is 2.75. The number of ether oxygens (including phenoxy) is 2. The first kappa shape index (κ1) is 21.8. The van der Waals surface area contributed by atoms with Crippen LogP contribution in [0.15, 0.2) is 30.3 Å². The van der Waals surface area contributed by atoms with Gasteiger partial charge in [-0.2, -0.15) is 0 Å². The van der Waals surface area contributed by atoms with Gasteiger partial charge in [-0.25, -0.2) is 14.2 Å². The number of hydrogen-bond donors (Lipinski definition) is 1. The van der Waals surface area contributed by atoms with Crippen molar-refractivity contribution in [2.75, 3.05) is 20.3 Å². The predicted octanol–water partition coefficient (Wildman–Crippen LogP) is 3.18. The molecule has 3 rings (SSSR count). The molecule has 2 aliphatic rings. The Morgan fingerprint density at radius 1 is 1.24 bits per heavy atom. The van der Waals surface area contributed by atoms with Gasteiger partial charge < -0.3 is 14.8 Å². The van der Waals surface area contributed by atoms with Crippen LogP contribution in [-0.2, 0) is 39.0 Å². The SMILES string of the molecule is COC(=O)[C@H](CO[P@@]1(=O)OC[C@H]2CCCC[C@@H]2O1)NC(=O)OCc1ccccc1. The Kier molecular flexibility index (Phi) is 7.66. The molecule has 160 valence electrons. The van der Waals surface area contributed by atoms with Crippen molar-refractivity contribution < 1.29 is 37.2 Å². The molecule has 9 nitrogen and oxygen atoms in total. The Morgan fingerprint density at radius 3 is 2.76 bits per heavy atom. The van der Waals surface area contributed by atoms with Crippen molar-refractivity contribution in [3.8, 4) is 0 Å². The quantitative estimate of drug-likeness (QED) is 0.522. The monoisotopic (exact) mass is 427 g/mol. The minimum Gasteiger partial charge on any atom is -0.467 e. The molecule has 1 aliphatic carbocycles. The molecule has 1 aromatic rings. The number of phosphoric acid groups is 1. The van der Waals surface area contributed by atoms with E-state index in [1.54, 1.807) is 12.1 Å². The van der Waals surface area contributed by atoms with Crippen molar-refractivity contribution in [3.05, 3.63) is 35.9 Å². The Labute approximate surface area is 169 Å². The zero-order chi connectivity index (χ0) is 20.7. The second kappa shape index (κ2) is 10.2. The Hall–Kier alpha value is -1.93. The average molecular weight is 427 g/mol. The number of phosphoric ester groups is 1. The topological polar surface area (TPSA) is 109 Å². The van der Waals surface area contributed by atoms with E-state index < -0.39 is 32.5 Å². The smallest absolute Gasteiger partial charge is 0.467 e. The summed E-state index contributed by atoms with van der Waals surface area (Å²) in [4.78, 5) is 24.0. The Morgan fingerprint density at radius 2 is 2.00 bits per heavy atom. The molecule has 4 atom stereocenters. The van der Waals surface area contributed by atoms with E-state index in [4.69, 9.17) is 18.3 Å². The standard InChI is InChI=1S/C19H26NO8P/c1-24-18(21)16(20-19(22)25-11-14-7-3-2-4-8-14)13-27-29(23)26-12-15-9-5-6-10-17(15)28-29/h2-4,7-8,15-17H,5-6,9-13H2,1H3,(H,20,22)/t15-,16+,17+,29-/m1/s1. The summed E-state index contributed by atoms with van der Waals surface area (Å²) in [6.07, 6.45) is 2.85. The van der Waals surface area contributed by atoms with Crippen molar-refractivity contribution in [2.24, 2.45) is 5.92 Å². The molecule has 10 heteroatoms. The van der Waals surface area contributed by atoms with E-state index in [9.17, 15) is 14.2 Å². The second-order valence-electron chi connectivity index (χ2n) is 7.01. The van der Waals surface area contributed by atoms with Gasteiger partial charge in [0.2, 0.25) is 0 Å². The third-order valence-corrected chi connectivity index (χ3v) is 6.40. The summed E-state index contributed by atoms with van der Waals surface area (Å²) in [5, 5.41) is 2.36. The zero-order valence-electron chi connectivity index (χ0n) is 16.3. The van der Waals surface area contributed by atoms with Crippen LogP contribution in [0, 0.1) is 5.92 Å². The minimum absolute atomic E-state index is 0.0369. The maximum absolute atomic E-state index is 12.7. The van der Waals surface area contributed by atoms with Gasteiger partial charge in [-0.05, 0) is 18.4 Å². The summed E-state index contributed by atoms with van der Waals surface area (Å²) >= 11 is 0. The molecule has 1 N–H and O–H groups in total. The first-order valence-corrected chi connectivity index (χ1v) is 11.1. The van der Waals surface area contributed by atoms with E-state index in [1.165, 1.54) is 7.11 Å². The summed E-state index contributed by atoms with van der Waals surface area (Å²) in [7, 11) is -2.64. The van der Waals surface area contributed by atoms with Crippen molar-refractivity contribution in [1.29, 1.82) is 0 Å². The Balaban J connectivity index is 1.51. The zero-order valence-corrected chi connectivity index (χ0v) is 17.2. The van der Waals surface area contributed by atoms with Crippen molar-refractivity contribution >= 4 is 19.9 Å². The molecule has 1 aromatic carbocycles. The summed E-state index contributed by atoms with van der Waals surface area (Å²) in [5.74, 6) is -0.558. The lowest BCUT2D eigenvalue weighted by Crippen LogP contribution is -2.45. The van der Waals surface area contributed by atoms with Gasteiger partial charge in [0.1, 0.15) is 6.61 Å². The van der Waals surface area contributed by atoms with Crippen LogP contribution in [0.3, 0.4) is 0 Å². The summed E-state index contributed by atoms with van der Waals surface area (Å²) in [6.45, 7) is -0.103. The maximum Gasteiger partial charge on any atom is 0.475 e. The molecular weight excluding hydrogens is 401 g/mol. The highest BCUT2D eigenvalue weighted by atomic mass is 31.2. The van der Waals surface area contributed by atoms with Crippen LogP contribution in [0.4, 0.5) is 4.79 Å². The van der Waals surface area contributed by atoms with E-state index in [1.807, 2.05) is 18.2 Å². The van der Waals surface area contributed by atoms with Gasteiger partial charge in [-0.3, -0.25) is 13.6 Å². The van der Waals surface area contributed by atoms with E-state index in [0.29, 0.717) is 0 Å². The number of carbonyl (C=O) groups is 2. The molecule has 0 bridgehead atoms. The van der Waals surface area contributed by atoms with Gasteiger partial charge in [0.05, 0.1) is 26.4 Å². The van der Waals surface area contributed by atoms with Crippen molar-refractivity contribution in [2.45, 2.75) is 44.4 Å². The van der Waals surface area contributed by atoms with Crippen molar-refractivity contribution in [3.63, 3.8) is 0 Å². The molecule has 0 aromatic heterocycles. The van der Waals surface area contributed by atoms with Crippen molar-refractivity contribution in [1.82, 2.24) is 5.32 Å². The fourth-order valence-electron chi connectivity index (χ4n) is 3.34. The summed E-state index contributed by atoms with van der Waals surface area (Å²) in [5.41, 5.74) is 0.795. The van der Waals surface area contributed by atoms with E-state index in [0.717, 1.165) is 31.2 Å². The number of esters is 1. The number of amides is 1. The van der Waals surface area contributed by atoms with Crippen LogP contribution in [0.5, 0.6) is 0 Å². The number of nitrogens with one attached hydrogen (secondary N) is 1. The van der Waals surface area contributed by atoms with Crippen LogP contribution in [-0.4, -0.2) is 44.5 Å². The molecule has 29 heavy (non-hydrogen) atoms. The molecule has 0 radical (unpaired) electrons. The number of alkyl carbamates (subject to hydrolysis) is 1. The van der Waals surface area contributed by atoms with E-state index >= 15 is 0 Å². The highest BCUT2D eigenvalue weighted by molar-refractivity contribution is 7.48. The number of fused-ring (bicyclic) bond motifs is 1. The van der Waals surface area contributed by atoms with Gasteiger partial charge in [-0.1, -0.05) is 43.2 Å². The highest BCUT2D eigenvalue weighted by Crippen LogP contribution is 2.56. The van der Waals surface area contributed by atoms with E-state index in [2.05, 4.69) is 10.1 Å². The lowest BCUT2D eigenvalue weighted by atomic mass is 9.87. The summed E-state index contributed by atoms with van der Waals surface area (Å²) in [6, 6.07) is 7.87. The number of carbonyl (C=O) groups excluding carboxylic acids is 2. The van der Waals surface area contributed by atoms with Crippen LogP contribution < -0.4 is 5.32 Å². The van der Waals surface area contributed by atoms with E-state index in [-0.39, 0.29) is 25.2 Å². The summed E-state index contributed by atoms with van der Waals surface area (Å²) < 4.78 is 38.7. The fraction of sp³-hybridized carbons (Fsp3) is 0.579. The van der Waals surface area contributed by atoms with Gasteiger partial charge >= 0.3 is 19.9 Å². The normalized spacial score (nSPS) is 27.3. The molecule has 0 spiro atoms. The Bertz CT molecular complexity index is 743. The molecule has 1 saturated carbocycles. The second-order valence-corrected chi connectivity index (χ2v) is 8.63. The third-order valence-electron chi connectivity index (χ3n) is 4.94. The highest BCUT2D eigenvalue weighted by Gasteiger charge is 2.42. The largest absolute Gasteiger partial charge is 0.475 e. The number of rotatable bonds is 7. The molecule has 1 saturated heterocycles. The van der Waals surface area contributed by atoms with Gasteiger partial charge in [0.15, 0.2) is 6.04 Å². The van der Waals surface area contributed by atoms with Crippen LogP contribution in [0.2, 0.25) is 0 Å². The van der Waals surface area contributed by atoms with Crippen LogP contribution >= 0.6 is 7.82 Å². The number of hydrogen-bond acceptors (Lipinski definition) is 8. The molecular formula is C19H26NO8P. The molecule has 1 amide bonds. The minimum atomic E-state index is -3.81. The number of benzene rings is 1. The first-order valence-electron chi connectivity index (χ1n) is 9.61. The molecule has 1 aliphatic heterocycles. The first-order chi connectivity index (χ1) is 14.0. The van der Waals surface area contributed by atoms with Crippen LogP contribution in [0.25, 0.3) is 0 Å². The lowest BCUT2D eigenvalue weighted by Gasteiger charge is -2.38. The molecule has 0 unspecified atom stereocenters. The van der Waals surface area contributed by atoms with Gasteiger partial charge in [-0.15, -0.1) is 0 Å². The maximum atomic E-state index is 12.7. The van der Waals surface area contributed by atoms with Gasteiger partial charge in [0, 0.05) is 5.92 Å².